The van der Waals surface area contributed by atoms with Gasteiger partial charge in [0.15, 0.2) is 6.61 Å². The monoisotopic (exact) mass is 476 g/mol. The summed E-state index contributed by atoms with van der Waals surface area (Å²) >= 11 is 0. The molecule has 7 nitrogen and oxygen atoms in total. The summed E-state index contributed by atoms with van der Waals surface area (Å²) in [7, 11) is 0. The molecule has 1 N–H and O–H groups in total. The molecule has 34 heavy (non-hydrogen) atoms. The fourth-order valence-electron chi connectivity index (χ4n) is 3.87. The molecule has 9 heteroatoms. The number of benzene rings is 2. The Kier molecular flexibility index (Phi) is 9.35. The van der Waals surface area contributed by atoms with E-state index < -0.39 is 18.5 Å². The number of carbonyl (C=O) groups excluding carboxylic acids is 2. The normalized spacial score (nSPS) is 18.5. The highest BCUT2D eigenvalue weighted by Gasteiger charge is 2.22. The van der Waals surface area contributed by atoms with Crippen LogP contribution in [-0.2, 0) is 27.2 Å². The number of alkyl halides is 2. The summed E-state index contributed by atoms with van der Waals surface area (Å²) in [6, 6.07) is 13.4. The van der Waals surface area contributed by atoms with Crippen LogP contribution in [0.15, 0.2) is 48.5 Å². The quantitative estimate of drug-likeness (QED) is 0.530. The van der Waals surface area contributed by atoms with Gasteiger partial charge in [-0.05, 0) is 55.7 Å². The van der Waals surface area contributed by atoms with Gasteiger partial charge in [0, 0.05) is 26.2 Å². The van der Waals surface area contributed by atoms with E-state index in [1.165, 1.54) is 12.1 Å². The topological polar surface area (TPSA) is 77.1 Å². The maximum absolute atomic E-state index is 12.2. The Morgan fingerprint density at radius 3 is 2.26 bits per heavy atom. The molecule has 0 aliphatic carbocycles. The largest absolute Gasteiger partial charge is 0.452 e. The minimum Gasteiger partial charge on any atom is -0.452 e. The number of hydrogen-bond acceptors (Lipinski definition) is 6. The van der Waals surface area contributed by atoms with Crippen molar-refractivity contribution in [2.24, 2.45) is 0 Å². The molecule has 0 aromatic heterocycles. The lowest BCUT2D eigenvalue weighted by molar-refractivity contribution is -0.124. The lowest BCUT2D eigenvalue weighted by Crippen LogP contribution is -2.44. The van der Waals surface area contributed by atoms with Crippen molar-refractivity contribution in [3.63, 3.8) is 0 Å². The summed E-state index contributed by atoms with van der Waals surface area (Å²) in [5, 5.41) is 2.66. The van der Waals surface area contributed by atoms with Crippen LogP contribution in [0.2, 0.25) is 0 Å². The van der Waals surface area contributed by atoms with Gasteiger partial charge in [-0.15, -0.1) is 0 Å². The Balaban J connectivity index is 1.36. The summed E-state index contributed by atoms with van der Waals surface area (Å²) in [4.78, 5) is 26.5. The fourth-order valence-corrected chi connectivity index (χ4v) is 3.87. The molecule has 1 saturated heterocycles. The van der Waals surface area contributed by atoms with Crippen molar-refractivity contribution in [3.05, 3.63) is 65.2 Å². The minimum absolute atomic E-state index is 0.0769. The predicted octanol–water partition coefficient (Wildman–Crippen LogP) is 3.41. The zero-order valence-corrected chi connectivity index (χ0v) is 19.3. The first-order valence-corrected chi connectivity index (χ1v) is 11.2. The van der Waals surface area contributed by atoms with Gasteiger partial charge in [-0.2, -0.15) is 8.78 Å². The lowest BCUT2D eigenvalue weighted by Gasteiger charge is -2.35. The molecule has 3 rings (SSSR count). The van der Waals surface area contributed by atoms with Crippen molar-refractivity contribution >= 4 is 11.9 Å². The molecule has 2 atom stereocenters. The number of nitrogens with one attached hydrogen (secondary N) is 1. The third-order valence-electron chi connectivity index (χ3n) is 5.31. The van der Waals surface area contributed by atoms with Gasteiger partial charge in [-0.25, -0.2) is 4.79 Å². The van der Waals surface area contributed by atoms with Gasteiger partial charge in [-0.3, -0.25) is 9.69 Å². The van der Waals surface area contributed by atoms with Crippen LogP contribution in [0.25, 0.3) is 0 Å². The third-order valence-corrected chi connectivity index (χ3v) is 5.31. The SMILES string of the molecule is CC1CN(Cc2ccc(C(=O)OCC(=O)NCCc3ccc(OC(F)F)cc3)cc2)CC(C)O1. The maximum atomic E-state index is 12.2. The number of morpholine rings is 1. The summed E-state index contributed by atoms with van der Waals surface area (Å²) in [6.07, 6.45) is 0.881. The van der Waals surface area contributed by atoms with E-state index in [-0.39, 0.29) is 24.6 Å². The molecular formula is C25H30F2N2O5. The van der Waals surface area contributed by atoms with E-state index in [2.05, 4.69) is 28.8 Å². The number of esters is 1. The Hall–Kier alpha value is -3.04. The molecule has 1 fully saturated rings. The van der Waals surface area contributed by atoms with E-state index in [0.29, 0.717) is 18.5 Å². The second kappa shape index (κ2) is 12.4. The Labute approximate surface area is 198 Å². The number of halogens is 2. The molecule has 0 radical (unpaired) electrons. The van der Waals surface area contributed by atoms with Crippen LogP contribution >= 0.6 is 0 Å². The van der Waals surface area contributed by atoms with Crippen molar-refractivity contribution in [2.45, 2.75) is 45.6 Å². The van der Waals surface area contributed by atoms with E-state index in [4.69, 9.17) is 9.47 Å². The highest BCUT2D eigenvalue weighted by molar-refractivity contribution is 5.91. The third kappa shape index (κ3) is 8.39. The van der Waals surface area contributed by atoms with Gasteiger partial charge >= 0.3 is 12.6 Å². The summed E-state index contributed by atoms with van der Waals surface area (Å²) in [6.45, 7) is 3.69. The average molecular weight is 477 g/mol. The molecule has 1 heterocycles. The van der Waals surface area contributed by atoms with Gasteiger partial charge in [0.1, 0.15) is 5.75 Å². The molecule has 2 unspecified atom stereocenters. The molecule has 0 spiro atoms. The first kappa shape index (κ1) is 25.6. The Bertz CT molecular complexity index is 927. The zero-order valence-electron chi connectivity index (χ0n) is 19.3. The lowest BCUT2D eigenvalue weighted by atomic mass is 10.1. The Morgan fingerprint density at radius 2 is 1.65 bits per heavy atom. The molecular weight excluding hydrogens is 446 g/mol. The predicted molar refractivity (Wildman–Crippen MR) is 122 cm³/mol. The fraction of sp³-hybridized carbons (Fsp3) is 0.440. The number of carbonyl (C=O) groups is 2. The van der Waals surface area contributed by atoms with Crippen LogP contribution < -0.4 is 10.1 Å². The highest BCUT2D eigenvalue weighted by atomic mass is 19.3. The van der Waals surface area contributed by atoms with Crippen molar-refractivity contribution < 1.29 is 32.6 Å². The smallest absolute Gasteiger partial charge is 0.387 e. The number of nitrogens with zero attached hydrogens (tertiary/aromatic N) is 1. The van der Waals surface area contributed by atoms with Crippen LogP contribution in [-0.4, -0.2) is 61.8 Å². The van der Waals surface area contributed by atoms with Gasteiger partial charge < -0.3 is 19.5 Å². The molecule has 0 saturated carbocycles. The average Bonchev–Trinajstić information content (AvgIpc) is 2.78. The van der Waals surface area contributed by atoms with Crippen molar-refractivity contribution in [1.29, 1.82) is 0 Å². The van der Waals surface area contributed by atoms with Crippen LogP contribution in [0.4, 0.5) is 8.78 Å². The summed E-state index contributed by atoms with van der Waals surface area (Å²) in [5.41, 5.74) is 2.32. The molecule has 0 bridgehead atoms. The van der Waals surface area contributed by atoms with Crippen molar-refractivity contribution in [1.82, 2.24) is 10.2 Å². The summed E-state index contributed by atoms with van der Waals surface area (Å²) < 4.78 is 39.5. The van der Waals surface area contributed by atoms with E-state index >= 15 is 0 Å². The maximum Gasteiger partial charge on any atom is 0.387 e. The van der Waals surface area contributed by atoms with Crippen LogP contribution in [0, 0.1) is 0 Å². The molecule has 1 amide bonds. The number of amides is 1. The van der Waals surface area contributed by atoms with Gasteiger partial charge in [0.25, 0.3) is 5.91 Å². The van der Waals surface area contributed by atoms with Gasteiger partial charge in [0.05, 0.1) is 17.8 Å². The number of hydrogen-bond donors (Lipinski definition) is 1. The van der Waals surface area contributed by atoms with Gasteiger partial charge in [-0.1, -0.05) is 24.3 Å². The molecule has 1 aliphatic heterocycles. The van der Waals surface area contributed by atoms with Crippen LogP contribution in [0.1, 0.15) is 35.3 Å². The highest BCUT2D eigenvalue weighted by Crippen LogP contribution is 2.16. The van der Waals surface area contributed by atoms with Crippen molar-refractivity contribution in [3.8, 4) is 5.75 Å². The number of ether oxygens (including phenoxy) is 3. The standard InChI is InChI=1S/C25H30F2N2O5/c1-17-13-29(14-18(2)33-17)15-20-3-7-21(8-4-20)24(31)32-16-23(30)28-12-11-19-5-9-22(10-6-19)34-25(26)27/h3-10,17-18,25H,11-16H2,1-2H3,(H,28,30). The molecule has 184 valence electrons. The van der Waals surface area contributed by atoms with Crippen molar-refractivity contribution in [2.75, 3.05) is 26.2 Å². The first-order chi connectivity index (χ1) is 16.3. The first-order valence-electron chi connectivity index (χ1n) is 11.2. The zero-order chi connectivity index (χ0) is 24.5. The second-order valence-corrected chi connectivity index (χ2v) is 8.35. The number of rotatable bonds is 10. The van der Waals surface area contributed by atoms with Crippen LogP contribution in [0.5, 0.6) is 5.75 Å². The molecule has 2 aromatic carbocycles. The van der Waals surface area contributed by atoms with E-state index in [1.54, 1.807) is 24.3 Å². The van der Waals surface area contributed by atoms with Crippen LogP contribution in [0.3, 0.4) is 0 Å². The van der Waals surface area contributed by atoms with Gasteiger partial charge in [0.2, 0.25) is 0 Å². The van der Waals surface area contributed by atoms with E-state index in [1.807, 2.05) is 12.1 Å². The van der Waals surface area contributed by atoms with E-state index in [9.17, 15) is 18.4 Å². The van der Waals surface area contributed by atoms with E-state index in [0.717, 1.165) is 30.8 Å². The Morgan fingerprint density at radius 1 is 1.03 bits per heavy atom. The summed E-state index contributed by atoms with van der Waals surface area (Å²) in [5.74, 6) is -0.906. The molecule has 1 aliphatic rings. The molecule has 2 aromatic rings. The second-order valence-electron chi connectivity index (χ2n) is 8.35. The minimum atomic E-state index is -2.87.